The molecule has 0 spiro atoms. The van der Waals surface area contributed by atoms with Crippen LogP contribution in [0.3, 0.4) is 0 Å². The fourth-order valence-corrected chi connectivity index (χ4v) is 4.22. The van der Waals surface area contributed by atoms with E-state index in [2.05, 4.69) is 26.2 Å². The molecule has 146 valence electrons. The molecule has 0 saturated heterocycles. The third kappa shape index (κ3) is 3.62. The quantitative estimate of drug-likeness (QED) is 0.431. The summed E-state index contributed by atoms with van der Waals surface area (Å²) in [6.07, 6.45) is 8.52. The second-order valence-corrected chi connectivity index (χ2v) is 8.20. The Balaban J connectivity index is 1.65. The van der Waals surface area contributed by atoms with Crippen molar-refractivity contribution in [1.29, 1.82) is 0 Å². The summed E-state index contributed by atoms with van der Waals surface area (Å²) in [6.45, 7) is 0. The Morgan fingerprint density at radius 3 is 2.59 bits per heavy atom. The third-order valence-electron chi connectivity index (χ3n) is 5.29. The average Bonchev–Trinajstić information content (AvgIpc) is 3.36. The van der Waals surface area contributed by atoms with E-state index in [1.807, 2.05) is 28.8 Å². The van der Waals surface area contributed by atoms with Gasteiger partial charge in [0.05, 0.1) is 17.1 Å². The van der Waals surface area contributed by atoms with E-state index in [-0.39, 0.29) is 5.82 Å². The number of rotatable bonds is 4. The molecule has 1 aliphatic carbocycles. The van der Waals surface area contributed by atoms with Gasteiger partial charge in [0.1, 0.15) is 11.5 Å². The number of aromatic nitrogens is 4. The molecule has 3 heterocycles. The van der Waals surface area contributed by atoms with Crippen LogP contribution in [0.4, 0.5) is 10.3 Å². The van der Waals surface area contributed by atoms with Crippen LogP contribution in [0.5, 0.6) is 0 Å². The minimum Gasteiger partial charge on any atom is -0.351 e. The lowest BCUT2D eigenvalue weighted by Gasteiger charge is -2.12. The summed E-state index contributed by atoms with van der Waals surface area (Å²) in [5.41, 5.74) is 4.01. The van der Waals surface area contributed by atoms with E-state index < -0.39 is 0 Å². The number of hydrogen-bond donors (Lipinski definition) is 1. The van der Waals surface area contributed by atoms with Crippen molar-refractivity contribution in [1.82, 2.24) is 19.4 Å². The fraction of sp³-hybridized carbons (Fsp3) is 0.227. The van der Waals surface area contributed by atoms with Crippen LogP contribution in [0, 0.1) is 5.82 Å². The molecule has 5 nitrogen and oxygen atoms in total. The zero-order valence-corrected chi connectivity index (χ0v) is 17.2. The number of halogens is 2. The van der Waals surface area contributed by atoms with Crippen molar-refractivity contribution in [2.24, 2.45) is 0 Å². The van der Waals surface area contributed by atoms with Crippen molar-refractivity contribution < 1.29 is 4.39 Å². The van der Waals surface area contributed by atoms with Gasteiger partial charge >= 0.3 is 0 Å². The first-order chi connectivity index (χ1) is 14.2. The monoisotopic (exact) mass is 451 g/mol. The van der Waals surface area contributed by atoms with E-state index >= 15 is 0 Å². The fourth-order valence-electron chi connectivity index (χ4n) is 3.89. The van der Waals surface area contributed by atoms with Gasteiger partial charge < -0.3 is 5.32 Å². The molecule has 0 atom stereocenters. The Kier molecular flexibility index (Phi) is 4.75. The molecule has 1 fully saturated rings. The van der Waals surface area contributed by atoms with Crippen LogP contribution in [0.15, 0.2) is 59.3 Å². The number of nitrogens with zero attached hydrogens (tertiary/aromatic N) is 4. The molecular formula is C22H19BrFN5. The SMILES string of the molecule is Fc1ccc(-c2nc3ccc(Br)cn3c2-c2ccnc(NC3CCCC3)n2)cc1. The van der Waals surface area contributed by atoms with Crippen molar-refractivity contribution in [3.05, 3.63) is 65.1 Å². The van der Waals surface area contributed by atoms with Gasteiger partial charge in [-0.25, -0.2) is 19.3 Å². The number of anilines is 1. The van der Waals surface area contributed by atoms with Gasteiger partial charge in [0, 0.05) is 28.5 Å². The van der Waals surface area contributed by atoms with Gasteiger partial charge in [0.25, 0.3) is 0 Å². The smallest absolute Gasteiger partial charge is 0.223 e. The zero-order chi connectivity index (χ0) is 19.8. The van der Waals surface area contributed by atoms with E-state index in [0.29, 0.717) is 12.0 Å². The van der Waals surface area contributed by atoms with Gasteiger partial charge in [-0.15, -0.1) is 0 Å². The van der Waals surface area contributed by atoms with Gasteiger partial charge in [0.15, 0.2) is 0 Å². The molecule has 1 N–H and O–H groups in total. The van der Waals surface area contributed by atoms with E-state index in [1.54, 1.807) is 18.3 Å². The lowest BCUT2D eigenvalue weighted by Crippen LogP contribution is -2.16. The van der Waals surface area contributed by atoms with Gasteiger partial charge in [-0.05, 0) is 71.2 Å². The molecule has 0 bridgehead atoms. The van der Waals surface area contributed by atoms with Gasteiger partial charge in [-0.2, -0.15) is 0 Å². The van der Waals surface area contributed by atoms with Crippen LogP contribution in [-0.2, 0) is 0 Å². The number of hydrogen-bond acceptors (Lipinski definition) is 4. The summed E-state index contributed by atoms with van der Waals surface area (Å²) in [5, 5.41) is 3.46. The molecule has 0 radical (unpaired) electrons. The highest BCUT2D eigenvalue weighted by molar-refractivity contribution is 9.10. The third-order valence-corrected chi connectivity index (χ3v) is 5.76. The molecule has 1 aromatic carbocycles. The maximum absolute atomic E-state index is 13.5. The van der Waals surface area contributed by atoms with Crippen LogP contribution in [0.2, 0.25) is 0 Å². The Hall–Kier alpha value is -2.80. The van der Waals surface area contributed by atoms with E-state index in [9.17, 15) is 4.39 Å². The lowest BCUT2D eigenvalue weighted by atomic mass is 10.1. The summed E-state index contributed by atoms with van der Waals surface area (Å²) >= 11 is 3.54. The van der Waals surface area contributed by atoms with Crippen molar-refractivity contribution in [2.75, 3.05) is 5.32 Å². The summed E-state index contributed by atoms with van der Waals surface area (Å²) in [7, 11) is 0. The summed E-state index contributed by atoms with van der Waals surface area (Å²) < 4.78 is 16.4. The molecule has 5 rings (SSSR count). The maximum Gasteiger partial charge on any atom is 0.223 e. The lowest BCUT2D eigenvalue weighted by molar-refractivity contribution is 0.628. The molecule has 7 heteroatoms. The second-order valence-electron chi connectivity index (χ2n) is 7.28. The largest absolute Gasteiger partial charge is 0.351 e. The Bertz CT molecular complexity index is 1170. The van der Waals surface area contributed by atoms with E-state index in [1.165, 1.54) is 25.0 Å². The first-order valence-corrected chi connectivity index (χ1v) is 10.5. The normalized spacial score (nSPS) is 14.6. The average molecular weight is 452 g/mol. The zero-order valence-electron chi connectivity index (χ0n) is 15.6. The van der Waals surface area contributed by atoms with Crippen molar-refractivity contribution in [3.63, 3.8) is 0 Å². The van der Waals surface area contributed by atoms with Crippen molar-refractivity contribution in [2.45, 2.75) is 31.7 Å². The predicted octanol–water partition coefficient (Wildman–Crippen LogP) is 5.71. The minimum absolute atomic E-state index is 0.271. The number of pyridine rings is 1. The van der Waals surface area contributed by atoms with Crippen LogP contribution in [0.1, 0.15) is 25.7 Å². The highest BCUT2D eigenvalue weighted by Crippen LogP contribution is 2.33. The molecule has 0 aliphatic heterocycles. The molecule has 0 unspecified atom stereocenters. The number of fused-ring (bicyclic) bond motifs is 1. The van der Waals surface area contributed by atoms with Crippen LogP contribution in [0.25, 0.3) is 28.3 Å². The molecule has 4 aromatic rings. The molecule has 1 aliphatic rings. The van der Waals surface area contributed by atoms with Gasteiger partial charge in [-0.1, -0.05) is 12.8 Å². The minimum atomic E-state index is -0.271. The van der Waals surface area contributed by atoms with Crippen molar-refractivity contribution >= 4 is 27.5 Å². The van der Waals surface area contributed by atoms with E-state index in [0.717, 1.165) is 45.6 Å². The van der Waals surface area contributed by atoms with Gasteiger partial charge in [-0.3, -0.25) is 4.40 Å². The number of nitrogens with one attached hydrogen (secondary N) is 1. The Morgan fingerprint density at radius 2 is 1.79 bits per heavy atom. The van der Waals surface area contributed by atoms with Crippen LogP contribution >= 0.6 is 15.9 Å². The maximum atomic E-state index is 13.5. The molecule has 1 saturated carbocycles. The predicted molar refractivity (Wildman–Crippen MR) is 115 cm³/mol. The van der Waals surface area contributed by atoms with Crippen molar-refractivity contribution in [3.8, 4) is 22.6 Å². The van der Waals surface area contributed by atoms with Crippen LogP contribution in [-0.4, -0.2) is 25.4 Å². The first-order valence-electron chi connectivity index (χ1n) is 9.71. The number of benzene rings is 1. The molecular weight excluding hydrogens is 433 g/mol. The summed E-state index contributed by atoms with van der Waals surface area (Å²) in [5.74, 6) is 0.358. The Labute approximate surface area is 176 Å². The second kappa shape index (κ2) is 7.55. The van der Waals surface area contributed by atoms with Gasteiger partial charge in [0.2, 0.25) is 5.95 Å². The summed E-state index contributed by atoms with van der Waals surface area (Å²) in [4.78, 5) is 14.0. The van der Waals surface area contributed by atoms with Crippen LogP contribution < -0.4 is 5.32 Å². The first kappa shape index (κ1) is 18.2. The Morgan fingerprint density at radius 1 is 1.00 bits per heavy atom. The van der Waals surface area contributed by atoms with E-state index in [4.69, 9.17) is 9.97 Å². The highest BCUT2D eigenvalue weighted by atomic mass is 79.9. The molecule has 0 amide bonds. The number of imidazole rings is 1. The highest BCUT2D eigenvalue weighted by Gasteiger charge is 2.20. The molecule has 3 aromatic heterocycles. The summed E-state index contributed by atoms with van der Waals surface area (Å²) in [6, 6.07) is 12.6. The molecule has 29 heavy (non-hydrogen) atoms. The topological polar surface area (TPSA) is 55.1 Å². The standard InChI is InChI=1S/C22H19BrFN5/c23-15-7-10-19-28-20(14-5-8-16(24)9-6-14)21(29(19)13-15)18-11-12-25-22(27-18)26-17-3-1-2-4-17/h5-13,17H,1-4H2,(H,25,26,27).